The lowest BCUT2D eigenvalue weighted by molar-refractivity contribution is 1.49. The summed E-state index contributed by atoms with van der Waals surface area (Å²) in [4.78, 5) is 0. The van der Waals surface area contributed by atoms with Crippen LogP contribution in [0.25, 0.3) is 0 Å². The van der Waals surface area contributed by atoms with Gasteiger partial charge in [0.1, 0.15) is 0 Å². The van der Waals surface area contributed by atoms with Crippen LogP contribution in [-0.4, -0.2) is 0 Å². The van der Waals surface area contributed by atoms with Crippen molar-refractivity contribution >= 4 is 0 Å². The van der Waals surface area contributed by atoms with Crippen molar-refractivity contribution in [2.24, 2.45) is 0 Å². The number of nitriles is 1. The van der Waals surface area contributed by atoms with Gasteiger partial charge in [-0.25, -0.2) is 0 Å². The van der Waals surface area contributed by atoms with Crippen molar-refractivity contribution in [2.45, 2.75) is 6.92 Å². The molecule has 4 heavy (non-hydrogen) atoms. The van der Waals surface area contributed by atoms with Crippen LogP contribution in [0.1, 0.15) is 6.92 Å². The van der Waals surface area contributed by atoms with Gasteiger partial charge in [-0.3, -0.25) is 0 Å². The van der Waals surface area contributed by atoms with Crippen molar-refractivity contribution < 1.29 is 0 Å². The SMILES string of the molecule is CC#N.N. The molecule has 0 atom stereocenters. The van der Waals surface area contributed by atoms with Crippen molar-refractivity contribution in [3.05, 3.63) is 0 Å². The van der Waals surface area contributed by atoms with Crippen LogP contribution in [0.4, 0.5) is 0 Å². The van der Waals surface area contributed by atoms with E-state index in [4.69, 9.17) is 5.26 Å². The largest absolute Gasteiger partial charge is 0.344 e. The number of hydrogen-bond acceptors (Lipinski definition) is 2. The second-order valence-corrected chi connectivity index (χ2v) is 0.224. The Bertz CT molecular complexity index is 25.5. The second kappa shape index (κ2) is 25.4. The molecule has 0 saturated carbocycles. The van der Waals surface area contributed by atoms with E-state index in [2.05, 4.69) is 0 Å². The monoisotopic (exact) mass is 58.1 g/mol. The first-order valence-corrected chi connectivity index (χ1v) is 0.724. The smallest absolute Gasteiger partial charge is 0.0587 e. The zero-order chi connectivity index (χ0) is 2.71. The average Bonchev–Trinajstić information content (AvgIpc) is 0.918. The lowest BCUT2D eigenvalue weighted by Crippen LogP contribution is -1.10. The lowest BCUT2D eigenvalue weighted by atomic mass is 11.0. The molecule has 0 bridgehead atoms. The zero-order valence-electron chi connectivity index (χ0n) is 2.65. The maximum Gasteiger partial charge on any atom is 0.0587 e. The summed E-state index contributed by atoms with van der Waals surface area (Å²) in [6.45, 7) is 1.43. The van der Waals surface area contributed by atoms with Crippen molar-refractivity contribution in [1.82, 2.24) is 6.15 Å². The highest BCUT2D eigenvalue weighted by Gasteiger charge is 1.17. The summed E-state index contributed by atoms with van der Waals surface area (Å²) in [6.07, 6.45) is 0. The summed E-state index contributed by atoms with van der Waals surface area (Å²) in [5, 5.41) is 7.32. The first-order valence-electron chi connectivity index (χ1n) is 0.724. The summed E-state index contributed by atoms with van der Waals surface area (Å²) in [5.74, 6) is 0. The van der Waals surface area contributed by atoms with E-state index in [1.165, 1.54) is 6.92 Å². The van der Waals surface area contributed by atoms with E-state index < -0.39 is 0 Å². The van der Waals surface area contributed by atoms with Crippen LogP contribution in [0.3, 0.4) is 0 Å². The van der Waals surface area contributed by atoms with Gasteiger partial charge in [0.25, 0.3) is 0 Å². The molecule has 24 valence electrons. The maximum atomic E-state index is 7.32. The minimum Gasteiger partial charge on any atom is -0.344 e. The molecule has 0 amide bonds. The predicted octanol–water partition coefficient (Wildman–Crippen LogP) is 0.692. The van der Waals surface area contributed by atoms with Gasteiger partial charge in [-0.2, -0.15) is 5.26 Å². The van der Waals surface area contributed by atoms with Gasteiger partial charge in [0.15, 0.2) is 0 Å². The molecule has 0 heterocycles. The van der Waals surface area contributed by atoms with Crippen LogP contribution in [-0.2, 0) is 0 Å². The van der Waals surface area contributed by atoms with Crippen molar-refractivity contribution in [1.29, 1.82) is 5.26 Å². The highest BCUT2D eigenvalue weighted by Crippen LogP contribution is 1.21. The second-order valence-electron chi connectivity index (χ2n) is 0.224. The molecule has 0 unspecified atom stereocenters. The highest BCUT2D eigenvalue weighted by atomic mass is 14.2. The van der Waals surface area contributed by atoms with E-state index in [-0.39, 0.29) is 6.15 Å². The first kappa shape index (κ1) is 9.85. The van der Waals surface area contributed by atoms with E-state index in [9.17, 15) is 0 Å². The third-order valence-electron chi connectivity index (χ3n) is 0. The summed E-state index contributed by atoms with van der Waals surface area (Å²) in [6, 6.07) is 1.75. The molecular weight excluding hydrogens is 52.0 g/mol. The topological polar surface area (TPSA) is 58.8 Å². The van der Waals surface area contributed by atoms with Crippen molar-refractivity contribution in [2.75, 3.05) is 0 Å². The van der Waals surface area contributed by atoms with E-state index in [0.29, 0.717) is 0 Å². The Kier molecular flexibility index (Phi) is 62.6. The highest BCUT2D eigenvalue weighted by molar-refractivity contribution is 4.51. The Morgan fingerprint density at radius 3 is 1.75 bits per heavy atom. The lowest BCUT2D eigenvalue weighted by Gasteiger charge is -1.15. The molecular formula is C2H6N2. The molecule has 3 N–H and O–H groups in total. The van der Waals surface area contributed by atoms with E-state index in [1.807, 2.05) is 0 Å². The molecule has 0 aliphatic rings. The third-order valence-corrected chi connectivity index (χ3v) is 0. The fourth-order valence-electron chi connectivity index (χ4n) is 0. The standard InChI is InChI=1S/C2H3N.H3N/c1-2-3;/h1H3;1H3. The molecule has 2 nitrogen and oxygen atoms in total. The van der Waals surface area contributed by atoms with Gasteiger partial charge in [-0.1, -0.05) is 0 Å². The van der Waals surface area contributed by atoms with Crippen LogP contribution in [0.5, 0.6) is 0 Å². The van der Waals surface area contributed by atoms with Gasteiger partial charge in [-0.15, -0.1) is 0 Å². The quantitative estimate of drug-likeness (QED) is 0.445. The van der Waals surface area contributed by atoms with Gasteiger partial charge in [0.2, 0.25) is 0 Å². The molecule has 0 fully saturated rings. The maximum absolute atomic E-state index is 7.32. The van der Waals surface area contributed by atoms with Gasteiger partial charge >= 0.3 is 0 Å². The van der Waals surface area contributed by atoms with Crippen LogP contribution >= 0.6 is 0 Å². The molecule has 0 aromatic rings. The number of hydrogen-bond donors (Lipinski definition) is 1. The third kappa shape index (κ3) is 0.971. The predicted molar refractivity (Wildman–Crippen MR) is 16.3 cm³/mol. The number of nitrogens with zero attached hydrogens (tertiary/aromatic N) is 1. The van der Waals surface area contributed by atoms with Crippen LogP contribution < -0.4 is 6.15 Å². The molecule has 0 aromatic heterocycles. The van der Waals surface area contributed by atoms with Crippen molar-refractivity contribution in [3.8, 4) is 6.07 Å². The fraction of sp³-hybridized carbons (Fsp3) is 0.500. The van der Waals surface area contributed by atoms with Gasteiger partial charge in [-0.05, 0) is 0 Å². The normalized spacial score (nSPS) is 2.00. The molecule has 0 aliphatic heterocycles. The average molecular weight is 58.1 g/mol. The summed E-state index contributed by atoms with van der Waals surface area (Å²) >= 11 is 0. The Labute approximate surface area is 25.6 Å². The fourth-order valence-corrected chi connectivity index (χ4v) is 0. The molecule has 0 saturated heterocycles. The van der Waals surface area contributed by atoms with E-state index in [1.54, 1.807) is 6.07 Å². The molecule has 0 rings (SSSR count). The van der Waals surface area contributed by atoms with E-state index in [0.717, 1.165) is 0 Å². The van der Waals surface area contributed by atoms with Gasteiger partial charge in [0, 0.05) is 6.92 Å². The summed E-state index contributed by atoms with van der Waals surface area (Å²) < 4.78 is 0. The summed E-state index contributed by atoms with van der Waals surface area (Å²) in [5.41, 5.74) is 0. The zero-order valence-corrected chi connectivity index (χ0v) is 2.65. The van der Waals surface area contributed by atoms with Gasteiger partial charge < -0.3 is 6.15 Å². The minimum atomic E-state index is 0. The molecule has 0 aromatic carbocycles. The first-order chi connectivity index (χ1) is 1.41. The Balaban J connectivity index is 0. The molecule has 0 aliphatic carbocycles. The summed E-state index contributed by atoms with van der Waals surface area (Å²) in [7, 11) is 0. The van der Waals surface area contributed by atoms with Crippen molar-refractivity contribution in [3.63, 3.8) is 0 Å². The minimum absolute atomic E-state index is 0. The van der Waals surface area contributed by atoms with Crippen LogP contribution in [0, 0.1) is 11.3 Å². The molecule has 2 heteroatoms. The van der Waals surface area contributed by atoms with Crippen LogP contribution in [0.2, 0.25) is 0 Å². The Hall–Kier alpha value is -0.550. The van der Waals surface area contributed by atoms with E-state index >= 15 is 0 Å². The number of rotatable bonds is 0. The van der Waals surface area contributed by atoms with Crippen LogP contribution in [0.15, 0.2) is 0 Å². The Morgan fingerprint density at radius 2 is 1.75 bits per heavy atom. The Morgan fingerprint density at radius 1 is 1.75 bits per heavy atom. The molecule has 0 spiro atoms. The molecule has 0 radical (unpaired) electrons. The van der Waals surface area contributed by atoms with Gasteiger partial charge in [0.05, 0.1) is 6.07 Å².